The molecule has 22 heavy (non-hydrogen) atoms. The van der Waals surface area contributed by atoms with Gasteiger partial charge in [0.2, 0.25) is 5.91 Å². The van der Waals surface area contributed by atoms with E-state index in [2.05, 4.69) is 0 Å². The van der Waals surface area contributed by atoms with Crippen molar-refractivity contribution in [3.63, 3.8) is 0 Å². The quantitative estimate of drug-likeness (QED) is 0.829. The van der Waals surface area contributed by atoms with E-state index in [0.29, 0.717) is 10.6 Å². The number of carbonyl (C=O) groups is 2. The van der Waals surface area contributed by atoms with Crippen molar-refractivity contribution in [2.45, 2.75) is 26.4 Å². The Kier molecular flexibility index (Phi) is 6.87. The van der Waals surface area contributed by atoms with Crippen LogP contribution in [0, 0.1) is 0 Å². The number of amides is 1. The highest BCUT2D eigenvalue weighted by Crippen LogP contribution is 2.32. The van der Waals surface area contributed by atoms with E-state index in [1.165, 1.54) is 18.2 Å². The molecule has 0 aliphatic heterocycles. The highest BCUT2D eigenvalue weighted by Gasteiger charge is 2.26. The van der Waals surface area contributed by atoms with Gasteiger partial charge in [0, 0.05) is 22.0 Å². The van der Waals surface area contributed by atoms with Gasteiger partial charge in [0.25, 0.3) is 0 Å². The van der Waals surface area contributed by atoms with Crippen molar-refractivity contribution in [1.29, 1.82) is 0 Å². The lowest BCUT2D eigenvalue weighted by Crippen LogP contribution is -2.36. The Morgan fingerprint density at radius 3 is 2.45 bits per heavy atom. The summed E-state index contributed by atoms with van der Waals surface area (Å²) in [5.41, 5.74) is 0.511. The van der Waals surface area contributed by atoms with Gasteiger partial charge < -0.3 is 15.1 Å². The third-order valence-corrected chi connectivity index (χ3v) is 3.60. The van der Waals surface area contributed by atoms with Crippen molar-refractivity contribution in [1.82, 2.24) is 4.90 Å². The fourth-order valence-electron chi connectivity index (χ4n) is 1.99. The molecule has 0 heterocycles. The summed E-state index contributed by atoms with van der Waals surface area (Å²) >= 11 is 11.9. The Bertz CT molecular complexity index is 601. The minimum atomic E-state index is -1.23. The number of hydrogen-bond acceptors (Lipinski definition) is 3. The van der Waals surface area contributed by atoms with Crippen molar-refractivity contribution < 1.29 is 19.8 Å². The number of hydrogen-bond donors (Lipinski definition) is 2. The summed E-state index contributed by atoms with van der Waals surface area (Å²) in [5, 5.41) is 20.1. The van der Waals surface area contributed by atoms with Gasteiger partial charge in [-0.05, 0) is 19.1 Å². The van der Waals surface area contributed by atoms with Crippen molar-refractivity contribution >= 4 is 35.1 Å². The standard InChI is InChI=1S/C15H17Cl2NO4/c1-3-12(18(8-14(20)21)13(19)4-2)15(22)10-6-5-9(16)7-11(10)17/h3,5-7,15,22H,4,8H2,1-2H3,(H,20,21)/b12-3-. The topological polar surface area (TPSA) is 77.8 Å². The zero-order valence-corrected chi connectivity index (χ0v) is 13.7. The smallest absolute Gasteiger partial charge is 0.323 e. The number of allylic oxidation sites excluding steroid dienone is 1. The maximum absolute atomic E-state index is 12.0. The summed E-state index contributed by atoms with van der Waals surface area (Å²) < 4.78 is 0. The van der Waals surface area contributed by atoms with Crippen molar-refractivity contribution in [3.8, 4) is 0 Å². The maximum Gasteiger partial charge on any atom is 0.323 e. The molecular formula is C15H17Cl2NO4. The highest BCUT2D eigenvalue weighted by molar-refractivity contribution is 6.35. The number of aliphatic carboxylic acids is 1. The van der Waals surface area contributed by atoms with Crippen LogP contribution < -0.4 is 0 Å². The van der Waals surface area contributed by atoms with Crippen molar-refractivity contribution in [2.75, 3.05) is 6.54 Å². The van der Waals surface area contributed by atoms with Crippen LogP contribution in [0.2, 0.25) is 10.0 Å². The van der Waals surface area contributed by atoms with Crippen LogP contribution in [0.1, 0.15) is 31.9 Å². The molecule has 1 unspecified atom stereocenters. The van der Waals surface area contributed by atoms with Crippen molar-refractivity contribution in [3.05, 3.63) is 45.6 Å². The predicted octanol–water partition coefficient (Wildman–Crippen LogP) is 3.25. The fraction of sp³-hybridized carbons (Fsp3) is 0.333. The van der Waals surface area contributed by atoms with Gasteiger partial charge in [0.1, 0.15) is 12.6 Å². The highest BCUT2D eigenvalue weighted by atomic mass is 35.5. The summed E-state index contributed by atoms with van der Waals surface area (Å²) in [4.78, 5) is 24.0. The minimum absolute atomic E-state index is 0.117. The number of nitrogens with zero attached hydrogens (tertiary/aromatic N) is 1. The van der Waals surface area contributed by atoms with Gasteiger partial charge in [-0.3, -0.25) is 9.59 Å². The normalized spacial score (nSPS) is 12.9. The Hall–Kier alpha value is -1.56. The molecule has 0 aliphatic carbocycles. The van der Waals surface area contributed by atoms with Crippen LogP contribution >= 0.6 is 23.2 Å². The monoisotopic (exact) mass is 345 g/mol. The van der Waals surface area contributed by atoms with E-state index in [4.69, 9.17) is 28.3 Å². The average molecular weight is 346 g/mol. The van der Waals surface area contributed by atoms with E-state index in [0.717, 1.165) is 4.90 Å². The molecule has 0 spiro atoms. The Labute approximate surface area is 138 Å². The molecule has 1 amide bonds. The van der Waals surface area contributed by atoms with E-state index in [9.17, 15) is 14.7 Å². The minimum Gasteiger partial charge on any atom is -0.480 e. The van der Waals surface area contributed by atoms with Gasteiger partial charge in [-0.25, -0.2) is 0 Å². The summed E-state index contributed by atoms with van der Waals surface area (Å²) in [6.45, 7) is 2.70. The van der Waals surface area contributed by atoms with Gasteiger partial charge in [-0.1, -0.05) is 42.3 Å². The molecular weight excluding hydrogens is 329 g/mol. The molecule has 0 aromatic heterocycles. The fourth-order valence-corrected chi connectivity index (χ4v) is 2.51. The van der Waals surface area contributed by atoms with Gasteiger partial charge in [0.05, 0.1) is 5.70 Å². The third-order valence-electron chi connectivity index (χ3n) is 3.04. The Morgan fingerprint density at radius 2 is 2.00 bits per heavy atom. The molecule has 120 valence electrons. The Morgan fingerprint density at radius 1 is 1.36 bits per heavy atom. The number of benzene rings is 1. The second-order valence-corrected chi connectivity index (χ2v) is 5.35. The van der Waals surface area contributed by atoms with Crippen LogP contribution in [-0.4, -0.2) is 33.5 Å². The van der Waals surface area contributed by atoms with Gasteiger partial charge in [-0.15, -0.1) is 0 Å². The first-order valence-electron chi connectivity index (χ1n) is 6.63. The second kappa shape index (κ2) is 8.17. The molecule has 1 atom stereocenters. The third kappa shape index (κ3) is 4.47. The van der Waals surface area contributed by atoms with Crippen LogP contribution in [-0.2, 0) is 9.59 Å². The maximum atomic E-state index is 12.0. The van der Waals surface area contributed by atoms with Gasteiger partial charge in [0.15, 0.2) is 0 Å². The van der Waals surface area contributed by atoms with Crippen LogP contribution in [0.5, 0.6) is 0 Å². The lowest BCUT2D eigenvalue weighted by molar-refractivity contribution is -0.143. The first-order valence-corrected chi connectivity index (χ1v) is 7.38. The van der Waals surface area contributed by atoms with Gasteiger partial charge in [-0.2, -0.15) is 0 Å². The number of aliphatic hydroxyl groups is 1. The molecule has 0 aliphatic rings. The number of rotatable bonds is 6. The average Bonchev–Trinajstić information content (AvgIpc) is 2.45. The molecule has 0 saturated carbocycles. The molecule has 0 fully saturated rings. The molecule has 1 aromatic carbocycles. The SMILES string of the molecule is C/C=C(/C(O)c1ccc(Cl)cc1Cl)N(CC(=O)O)C(=O)CC. The molecule has 0 bridgehead atoms. The number of carbonyl (C=O) groups excluding carboxylic acids is 1. The number of carboxylic acid groups (broad SMARTS) is 1. The zero-order valence-electron chi connectivity index (χ0n) is 12.2. The summed E-state index contributed by atoms with van der Waals surface area (Å²) in [5.74, 6) is -1.57. The van der Waals surface area contributed by atoms with Crippen LogP contribution in [0.4, 0.5) is 0 Å². The van der Waals surface area contributed by atoms with Crippen LogP contribution in [0.15, 0.2) is 30.0 Å². The zero-order chi connectivity index (χ0) is 16.9. The lowest BCUT2D eigenvalue weighted by atomic mass is 10.0. The predicted molar refractivity (Wildman–Crippen MR) is 84.8 cm³/mol. The summed E-state index contributed by atoms with van der Waals surface area (Å²) in [6, 6.07) is 4.56. The first kappa shape index (κ1) is 18.5. The van der Waals surface area contributed by atoms with E-state index in [1.54, 1.807) is 19.9 Å². The van der Waals surface area contributed by atoms with E-state index < -0.39 is 24.5 Å². The van der Waals surface area contributed by atoms with Crippen LogP contribution in [0.25, 0.3) is 0 Å². The summed E-state index contributed by atoms with van der Waals surface area (Å²) in [6.07, 6.45) is 0.377. The second-order valence-electron chi connectivity index (χ2n) is 4.51. The number of aliphatic hydroxyl groups excluding tert-OH is 1. The van der Waals surface area contributed by atoms with E-state index >= 15 is 0 Å². The largest absolute Gasteiger partial charge is 0.480 e. The summed E-state index contributed by atoms with van der Waals surface area (Å²) in [7, 11) is 0. The lowest BCUT2D eigenvalue weighted by Gasteiger charge is -2.27. The van der Waals surface area contributed by atoms with Crippen LogP contribution in [0.3, 0.4) is 0 Å². The first-order chi connectivity index (χ1) is 10.3. The number of carboxylic acids is 1. The van der Waals surface area contributed by atoms with Crippen molar-refractivity contribution in [2.24, 2.45) is 0 Å². The Balaban J connectivity index is 3.21. The molecule has 0 saturated heterocycles. The molecule has 7 heteroatoms. The molecule has 1 aromatic rings. The van der Waals surface area contributed by atoms with E-state index in [1.807, 2.05) is 0 Å². The molecule has 5 nitrogen and oxygen atoms in total. The molecule has 2 N–H and O–H groups in total. The number of halogens is 2. The molecule has 1 rings (SSSR count). The molecule has 0 radical (unpaired) electrons. The van der Waals surface area contributed by atoms with E-state index in [-0.39, 0.29) is 17.1 Å². The van der Waals surface area contributed by atoms with Gasteiger partial charge >= 0.3 is 5.97 Å².